The van der Waals surface area contributed by atoms with Crippen molar-refractivity contribution in [3.63, 3.8) is 0 Å². The van der Waals surface area contributed by atoms with Crippen LogP contribution in [-0.4, -0.2) is 4.98 Å². The van der Waals surface area contributed by atoms with Crippen LogP contribution in [0.15, 0.2) is 23.7 Å². The Balaban J connectivity index is 2.51. The van der Waals surface area contributed by atoms with Gasteiger partial charge in [0, 0.05) is 0 Å². The highest BCUT2D eigenvalue weighted by Gasteiger charge is 2.22. The van der Waals surface area contributed by atoms with Crippen LogP contribution in [-0.2, 0) is 5.41 Å². The summed E-state index contributed by atoms with van der Waals surface area (Å²) in [6.45, 7) is 6.85. The number of hydrogen-bond donors (Lipinski definition) is 0. The number of hydrogen-bond acceptors (Lipinski definition) is 2. The molecule has 0 aliphatic carbocycles. The van der Waals surface area contributed by atoms with Gasteiger partial charge in [-0.15, -0.1) is 11.3 Å². The van der Waals surface area contributed by atoms with Crippen molar-refractivity contribution in [2.45, 2.75) is 39.0 Å². The summed E-state index contributed by atoms with van der Waals surface area (Å²) < 4.78 is 1.29. The Kier molecular flexibility index (Phi) is 2.79. The van der Waals surface area contributed by atoms with Crippen molar-refractivity contribution in [1.29, 1.82) is 0 Å². The molecule has 0 atom stereocenters. The van der Waals surface area contributed by atoms with Crippen molar-refractivity contribution in [3.8, 4) is 0 Å². The minimum absolute atomic E-state index is 0.303. The molecule has 0 saturated heterocycles. The third kappa shape index (κ3) is 1.78. The predicted octanol–water partition coefficient (Wildman–Crippen LogP) is 4.37. The number of aromatic nitrogens is 1. The number of fused-ring (bicyclic) bond motifs is 1. The van der Waals surface area contributed by atoms with E-state index < -0.39 is 0 Å². The normalized spacial score (nSPS) is 12.2. The molecule has 0 saturated carbocycles. The van der Waals surface area contributed by atoms with E-state index in [-0.39, 0.29) is 0 Å². The minimum Gasteiger partial charge on any atom is -0.245 e. The summed E-state index contributed by atoms with van der Waals surface area (Å²) in [7, 11) is 0. The van der Waals surface area contributed by atoms with E-state index in [1.54, 1.807) is 11.3 Å². The van der Waals surface area contributed by atoms with Gasteiger partial charge < -0.3 is 0 Å². The minimum atomic E-state index is 0.303. The molecule has 80 valence electrons. The maximum absolute atomic E-state index is 4.38. The van der Waals surface area contributed by atoms with E-state index in [2.05, 4.69) is 44.0 Å². The van der Waals surface area contributed by atoms with Crippen LogP contribution in [0.3, 0.4) is 0 Å². The molecule has 1 aromatic heterocycles. The zero-order valence-corrected chi connectivity index (χ0v) is 10.4. The molecular weight excluding hydrogens is 202 g/mol. The SMILES string of the molecule is CCC(C)(CC)c1ccc2scnc2c1. The lowest BCUT2D eigenvalue weighted by Gasteiger charge is -2.27. The van der Waals surface area contributed by atoms with E-state index >= 15 is 0 Å². The van der Waals surface area contributed by atoms with Crippen molar-refractivity contribution in [2.75, 3.05) is 0 Å². The van der Waals surface area contributed by atoms with E-state index in [1.807, 2.05) is 5.51 Å². The van der Waals surface area contributed by atoms with Crippen LogP contribution in [0.4, 0.5) is 0 Å². The van der Waals surface area contributed by atoms with Crippen LogP contribution < -0.4 is 0 Å². The summed E-state index contributed by atoms with van der Waals surface area (Å²) >= 11 is 1.71. The monoisotopic (exact) mass is 219 g/mol. The van der Waals surface area contributed by atoms with Crippen molar-refractivity contribution < 1.29 is 0 Å². The van der Waals surface area contributed by atoms with Gasteiger partial charge in [-0.1, -0.05) is 26.8 Å². The second-order valence-corrected chi connectivity index (χ2v) is 5.19. The van der Waals surface area contributed by atoms with Gasteiger partial charge in [0.2, 0.25) is 0 Å². The average molecular weight is 219 g/mol. The molecule has 15 heavy (non-hydrogen) atoms. The van der Waals surface area contributed by atoms with Gasteiger partial charge >= 0.3 is 0 Å². The fraction of sp³-hybridized carbons (Fsp3) is 0.462. The molecule has 0 amide bonds. The summed E-state index contributed by atoms with van der Waals surface area (Å²) in [5.74, 6) is 0. The van der Waals surface area contributed by atoms with Crippen molar-refractivity contribution in [3.05, 3.63) is 29.3 Å². The molecule has 1 aromatic carbocycles. The van der Waals surface area contributed by atoms with Gasteiger partial charge in [0.25, 0.3) is 0 Å². The first-order valence-electron chi connectivity index (χ1n) is 5.53. The van der Waals surface area contributed by atoms with Crippen LogP contribution in [0.5, 0.6) is 0 Å². The molecule has 2 rings (SSSR count). The van der Waals surface area contributed by atoms with Gasteiger partial charge in [0.1, 0.15) is 0 Å². The zero-order chi connectivity index (χ0) is 10.9. The highest BCUT2D eigenvalue weighted by molar-refractivity contribution is 7.16. The maximum Gasteiger partial charge on any atom is 0.0814 e. The molecular formula is C13H17NS. The lowest BCUT2D eigenvalue weighted by molar-refractivity contribution is 0.439. The van der Waals surface area contributed by atoms with Gasteiger partial charge in [-0.25, -0.2) is 4.98 Å². The first-order chi connectivity index (χ1) is 7.19. The Labute approximate surface area is 95.2 Å². The number of thiazole rings is 1. The maximum atomic E-state index is 4.38. The zero-order valence-electron chi connectivity index (χ0n) is 9.58. The summed E-state index contributed by atoms with van der Waals surface area (Å²) in [6, 6.07) is 6.71. The van der Waals surface area contributed by atoms with E-state index in [9.17, 15) is 0 Å². The third-order valence-electron chi connectivity index (χ3n) is 3.59. The molecule has 0 spiro atoms. The summed E-state index contributed by atoms with van der Waals surface area (Å²) in [5, 5.41) is 0. The van der Waals surface area contributed by atoms with Crippen LogP contribution in [0.25, 0.3) is 10.2 Å². The quantitative estimate of drug-likeness (QED) is 0.746. The Morgan fingerprint density at radius 2 is 2.00 bits per heavy atom. The average Bonchev–Trinajstić information content (AvgIpc) is 2.74. The van der Waals surface area contributed by atoms with Gasteiger partial charge in [-0.2, -0.15) is 0 Å². The molecule has 1 nitrogen and oxygen atoms in total. The second kappa shape index (κ2) is 3.93. The molecule has 1 heterocycles. The van der Waals surface area contributed by atoms with E-state index in [0.717, 1.165) is 5.52 Å². The van der Waals surface area contributed by atoms with Crippen LogP contribution in [0.2, 0.25) is 0 Å². The topological polar surface area (TPSA) is 12.9 Å². The third-order valence-corrected chi connectivity index (χ3v) is 4.40. The van der Waals surface area contributed by atoms with E-state index in [4.69, 9.17) is 0 Å². The second-order valence-electron chi connectivity index (χ2n) is 4.30. The molecule has 0 N–H and O–H groups in total. The van der Waals surface area contributed by atoms with Crippen LogP contribution in [0.1, 0.15) is 39.2 Å². The summed E-state index contributed by atoms with van der Waals surface area (Å²) in [4.78, 5) is 4.38. The molecule has 0 unspecified atom stereocenters. The lowest BCUT2D eigenvalue weighted by atomic mass is 9.78. The number of benzene rings is 1. The molecule has 0 aliphatic heterocycles. The molecule has 0 fully saturated rings. The Morgan fingerprint density at radius 1 is 1.27 bits per heavy atom. The molecule has 0 aliphatic rings. The molecule has 2 aromatic rings. The Bertz CT molecular complexity index is 454. The van der Waals surface area contributed by atoms with Crippen molar-refractivity contribution in [1.82, 2.24) is 4.98 Å². The molecule has 0 radical (unpaired) electrons. The smallest absolute Gasteiger partial charge is 0.0814 e. The largest absolute Gasteiger partial charge is 0.245 e. The molecule has 2 heteroatoms. The fourth-order valence-corrected chi connectivity index (χ4v) is 2.55. The summed E-state index contributed by atoms with van der Waals surface area (Å²) in [6.07, 6.45) is 2.36. The van der Waals surface area contributed by atoms with Crippen LogP contribution in [0, 0.1) is 0 Å². The first-order valence-corrected chi connectivity index (χ1v) is 6.41. The Morgan fingerprint density at radius 3 is 2.67 bits per heavy atom. The summed E-state index contributed by atoms with van der Waals surface area (Å²) in [5.41, 5.74) is 4.79. The van der Waals surface area contributed by atoms with Crippen molar-refractivity contribution >= 4 is 21.6 Å². The van der Waals surface area contributed by atoms with Gasteiger partial charge in [0.05, 0.1) is 15.7 Å². The van der Waals surface area contributed by atoms with E-state index in [0.29, 0.717) is 5.41 Å². The predicted molar refractivity (Wildman–Crippen MR) is 67.6 cm³/mol. The van der Waals surface area contributed by atoms with Gasteiger partial charge in [0.15, 0.2) is 0 Å². The van der Waals surface area contributed by atoms with E-state index in [1.165, 1.54) is 23.1 Å². The van der Waals surface area contributed by atoms with Gasteiger partial charge in [-0.05, 0) is 36.0 Å². The van der Waals surface area contributed by atoms with Gasteiger partial charge in [-0.3, -0.25) is 0 Å². The highest BCUT2D eigenvalue weighted by Crippen LogP contribution is 2.33. The fourth-order valence-electron chi connectivity index (χ4n) is 1.89. The standard InChI is InChI=1S/C13H17NS/c1-4-13(3,5-2)10-6-7-12-11(8-10)14-9-15-12/h6-9H,4-5H2,1-3H3. The highest BCUT2D eigenvalue weighted by atomic mass is 32.1. The van der Waals surface area contributed by atoms with Crippen LogP contribution >= 0.6 is 11.3 Å². The molecule has 0 bridgehead atoms. The first kappa shape index (κ1) is 10.6. The Hall–Kier alpha value is -0.890. The van der Waals surface area contributed by atoms with Crippen molar-refractivity contribution in [2.24, 2.45) is 0 Å². The lowest BCUT2D eigenvalue weighted by Crippen LogP contribution is -2.19. The number of nitrogens with zero attached hydrogens (tertiary/aromatic N) is 1. The number of rotatable bonds is 3.